The van der Waals surface area contributed by atoms with Crippen molar-refractivity contribution in [3.05, 3.63) is 66.2 Å². The van der Waals surface area contributed by atoms with E-state index in [4.69, 9.17) is 14.2 Å². The van der Waals surface area contributed by atoms with E-state index >= 15 is 0 Å². The van der Waals surface area contributed by atoms with Crippen LogP contribution in [0, 0.1) is 0 Å². The minimum Gasteiger partial charge on any atom is -0.497 e. The van der Waals surface area contributed by atoms with Crippen molar-refractivity contribution >= 4 is 16.7 Å². The minimum absolute atomic E-state index is 0.0321. The molecule has 1 aliphatic rings. The Morgan fingerprint density at radius 2 is 1.86 bits per heavy atom. The highest BCUT2D eigenvalue weighted by Crippen LogP contribution is 2.31. The minimum atomic E-state index is -0.261. The van der Waals surface area contributed by atoms with Crippen LogP contribution in [-0.2, 0) is 4.79 Å². The molecule has 0 bridgehead atoms. The second-order valence-corrected chi connectivity index (χ2v) is 6.94. The van der Waals surface area contributed by atoms with Gasteiger partial charge in [-0.1, -0.05) is 36.4 Å². The molecule has 3 aromatic rings. The van der Waals surface area contributed by atoms with E-state index < -0.39 is 0 Å². The molecule has 3 aromatic carbocycles. The second-order valence-electron chi connectivity index (χ2n) is 6.94. The standard InChI is InChI=1S/C23H23NO4/c1-15(16-7-8-18-12-19(26-2)10-9-17(18)11-16)23(25)24-13-20-14-27-21-5-3-4-6-22(21)28-20/h3-12,15,20H,13-14H2,1-2H3,(H,24,25)/t15-,20-/m1/s1. The zero-order valence-corrected chi connectivity index (χ0v) is 16.0. The number of carbonyl (C=O) groups excluding carboxylic acids is 1. The molecule has 0 saturated carbocycles. The third-order valence-electron chi connectivity index (χ3n) is 5.04. The van der Waals surface area contributed by atoms with Crippen LogP contribution in [-0.4, -0.2) is 32.3 Å². The molecule has 4 rings (SSSR count). The number of carbonyl (C=O) groups is 1. The maximum atomic E-state index is 12.6. The van der Waals surface area contributed by atoms with Crippen LogP contribution < -0.4 is 19.5 Å². The van der Waals surface area contributed by atoms with E-state index in [-0.39, 0.29) is 17.9 Å². The van der Waals surface area contributed by atoms with Gasteiger partial charge in [0.25, 0.3) is 0 Å². The predicted molar refractivity (Wildman–Crippen MR) is 108 cm³/mol. The number of fused-ring (bicyclic) bond motifs is 2. The average molecular weight is 377 g/mol. The molecule has 0 saturated heterocycles. The topological polar surface area (TPSA) is 56.8 Å². The molecular formula is C23H23NO4. The molecule has 0 radical (unpaired) electrons. The van der Waals surface area contributed by atoms with Gasteiger partial charge in [0.1, 0.15) is 18.5 Å². The van der Waals surface area contributed by atoms with Gasteiger partial charge in [0.05, 0.1) is 19.6 Å². The molecule has 0 spiro atoms. The quantitative estimate of drug-likeness (QED) is 0.732. The zero-order valence-electron chi connectivity index (χ0n) is 16.0. The molecule has 1 N–H and O–H groups in total. The Morgan fingerprint density at radius 1 is 1.11 bits per heavy atom. The number of hydrogen-bond acceptors (Lipinski definition) is 4. The van der Waals surface area contributed by atoms with Crippen molar-refractivity contribution in [2.45, 2.75) is 18.9 Å². The first-order valence-corrected chi connectivity index (χ1v) is 9.38. The molecule has 5 heteroatoms. The lowest BCUT2D eigenvalue weighted by Gasteiger charge is -2.27. The third-order valence-corrected chi connectivity index (χ3v) is 5.04. The van der Waals surface area contributed by atoms with Crippen LogP contribution in [0.1, 0.15) is 18.4 Å². The molecule has 0 aromatic heterocycles. The second kappa shape index (κ2) is 7.80. The lowest BCUT2D eigenvalue weighted by molar-refractivity contribution is -0.122. The Morgan fingerprint density at radius 3 is 2.68 bits per heavy atom. The van der Waals surface area contributed by atoms with Gasteiger partial charge in [-0.05, 0) is 47.5 Å². The van der Waals surface area contributed by atoms with Crippen LogP contribution in [0.4, 0.5) is 0 Å². The largest absolute Gasteiger partial charge is 0.497 e. The van der Waals surface area contributed by atoms with Crippen LogP contribution in [0.2, 0.25) is 0 Å². The van der Waals surface area contributed by atoms with Crippen molar-refractivity contribution in [1.29, 1.82) is 0 Å². The molecule has 2 atom stereocenters. The molecular weight excluding hydrogens is 354 g/mol. The van der Waals surface area contributed by atoms with Gasteiger partial charge in [-0.2, -0.15) is 0 Å². The summed E-state index contributed by atoms with van der Waals surface area (Å²) in [5.41, 5.74) is 0.973. The highest BCUT2D eigenvalue weighted by molar-refractivity contribution is 5.88. The van der Waals surface area contributed by atoms with E-state index in [2.05, 4.69) is 11.4 Å². The summed E-state index contributed by atoms with van der Waals surface area (Å²) in [5, 5.41) is 5.15. The van der Waals surface area contributed by atoms with Gasteiger partial charge >= 0.3 is 0 Å². The molecule has 144 valence electrons. The Kier molecular flexibility index (Phi) is 5.06. The van der Waals surface area contributed by atoms with E-state index in [0.29, 0.717) is 18.9 Å². The van der Waals surface area contributed by atoms with Gasteiger partial charge in [-0.3, -0.25) is 4.79 Å². The van der Waals surface area contributed by atoms with E-state index in [1.165, 1.54) is 0 Å². The van der Waals surface area contributed by atoms with Gasteiger partial charge in [-0.25, -0.2) is 0 Å². The van der Waals surface area contributed by atoms with Crippen molar-refractivity contribution in [3.8, 4) is 17.2 Å². The van der Waals surface area contributed by atoms with Crippen molar-refractivity contribution in [3.63, 3.8) is 0 Å². The smallest absolute Gasteiger partial charge is 0.227 e. The number of nitrogens with one attached hydrogen (secondary N) is 1. The molecule has 0 fully saturated rings. The zero-order chi connectivity index (χ0) is 19.5. The van der Waals surface area contributed by atoms with Crippen LogP contribution in [0.15, 0.2) is 60.7 Å². The number of amides is 1. The van der Waals surface area contributed by atoms with Gasteiger partial charge in [-0.15, -0.1) is 0 Å². The third kappa shape index (κ3) is 3.74. The summed E-state index contributed by atoms with van der Waals surface area (Å²) in [6.07, 6.45) is -0.199. The Labute approximate surface area is 164 Å². The number of para-hydroxylation sites is 2. The van der Waals surface area contributed by atoms with E-state index in [1.807, 2.05) is 61.5 Å². The normalized spacial score (nSPS) is 16.4. The highest BCUT2D eigenvalue weighted by Gasteiger charge is 2.22. The SMILES string of the molecule is COc1ccc2cc([C@@H](C)C(=O)NC[C@@H]3COc4ccccc4O3)ccc2c1. The van der Waals surface area contributed by atoms with Crippen molar-refractivity contribution < 1.29 is 19.0 Å². The Balaban J connectivity index is 1.39. The maximum Gasteiger partial charge on any atom is 0.227 e. The number of rotatable bonds is 5. The summed E-state index contributed by atoms with van der Waals surface area (Å²) in [7, 11) is 1.65. The molecule has 0 unspecified atom stereocenters. The van der Waals surface area contributed by atoms with E-state index in [1.54, 1.807) is 7.11 Å². The molecule has 0 aliphatic carbocycles. The lowest BCUT2D eigenvalue weighted by atomic mass is 9.97. The van der Waals surface area contributed by atoms with Gasteiger partial charge < -0.3 is 19.5 Å². The van der Waals surface area contributed by atoms with Crippen molar-refractivity contribution in [2.75, 3.05) is 20.3 Å². The molecule has 1 heterocycles. The predicted octanol–water partition coefficient (Wildman–Crippen LogP) is 3.91. The number of hydrogen-bond donors (Lipinski definition) is 1. The van der Waals surface area contributed by atoms with Crippen LogP contribution >= 0.6 is 0 Å². The molecule has 1 aliphatic heterocycles. The molecule has 28 heavy (non-hydrogen) atoms. The summed E-state index contributed by atoms with van der Waals surface area (Å²) in [6, 6.07) is 19.5. The first-order chi connectivity index (χ1) is 13.6. The first-order valence-electron chi connectivity index (χ1n) is 9.38. The monoisotopic (exact) mass is 377 g/mol. The van der Waals surface area contributed by atoms with Crippen LogP contribution in [0.5, 0.6) is 17.2 Å². The van der Waals surface area contributed by atoms with E-state index in [0.717, 1.165) is 27.8 Å². The van der Waals surface area contributed by atoms with Crippen molar-refractivity contribution in [2.24, 2.45) is 0 Å². The fourth-order valence-corrected chi connectivity index (χ4v) is 3.32. The Bertz CT molecular complexity index is 1000. The number of benzene rings is 3. The van der Waals surface area contributed by atoms with Crippen LogP contribution in [0.3, 0.4) is 0 Å². The molecule has 1 amide bonds. The fraction of sp³-hybridized carbons (Fsp3) is 0.261. The summed E-state index contributed by atoms with van der Waals surface area (Å²) >= 11 is 0. The summed E-state index contributed by atoms with van der Waals surface area (Å²) in [4.78, 5) is 12.6. The summed E-state index contributed by atoms with van der Waals surface area (Å²) < 4.78 is 16.9. The molecule has 5 nitrogen and oxygen atoms in total. The first kappa shape index (κ1) is 18.2. The van der Waals surface area contributed by atoms with Gasteiger partial charge in [0, 0.05) is 0 Å². The van der Waals surface area contributed by atoms with Crippen molar-refractivity contribution in [1.82, 2.24) is 5.32 Å². The fourth-order valence-electron chi connectivity index (χ4n) is 3.32. The number of methoxy groups -OCH3 is 1. The average Bonchev–Trinajstić information content (AvgIpc) is 2.76. The van der Waals surface area contributed by atoms with Crippen LogP contribution in [0.25, 0.3) is 10.8 Å². The number of ether oxygens (including phenoxy) is 3. The van der Waals surface area contributed by atoms with Gasteiger partial charge in [0.15, 0.2) is 11.5 Å². The van der Waals surface area contributed by atoms with Gasteiger partial charge in [0.2, 0.25) is 5.91 Å². The lowest BCUT2D eigenvalue weighted by Crippen LogP contribution is -2.41. The highest BCUT2D eigenvalue weighted by atomic mass is 16.6. The summed E-state index contributed by atoms with van der Waals surface area (Å²) in [5.74, 6) is 1.98. The Hall–Kier alpha value is -3.21. The van der Waals surface area contributed by atoms with E-state index in [9.17, 15) is 4.79 Å². The maximum absolute atomic E-state index is 12.6. The summed E-state index contributed by atoms with van der Waals surface area (Å²) in [6.45, 7) is 2.74.